The maximum atomic E-state index is 13.1. The fourth-order valence-corrected chi connectivity index (χ4v) is 7.68. The van der Waals surface area contributed by atoms with Gasteiger partial charge in [0.1, 0.15) is 11.6 Å². The standard InChI is InChI=1S/C22H19F4N3O.C11H9BrF3NO.C11H11FN2/c23-17-6-4-15(5-7-17)8-10-29-14-27-12-20(29)19-3-1-2-16-13-28(11-9-18(16)19)21(30)22(24,25)26;12-9-3-1-2-7-6-16(5-4-8(7)9)10(17)11(13,14)15;12-11-3-1-10(2-4-11)5-7-14-8-6-13-9-14/h1-7,12,14H,8-11,13H2;1-3H,4-6H2;1-4,6,8-9H,5,7H2. The molecule has 8 nitrogen and oxygen atoms in total. The molecule has 2 amide bonds. The number of imidazole rings is 2. The monoisotopic (exact) mass is 914 g/mol. The van der Waals surface area contributed by atoms with Crippen LogP contribution in [-0.2, 0) is 61.5 Å². The number of amides is 2. The van der Waals surface area contributed by atoms with Crippen LogP contribution in [0.3, 0.4) is 0 Å². The molecule has 0 aliphatic carbocycles. The zero-order chi connectivity index (χ0) is 43.7. The summed E-state index contributed by atoms with van der Waals surface area (Å²) >= 11 is 3.35. The highest BCUT2D eigenvalue weighted by Gasteiger charge is 2.44. The zero-order valence-electron chi connectivity index (χ0n) is 32.4. The van der Waals surface area contributed by atoms with E-state index in [9.17, 15) is 44.7 Å². The third kappa shape index (κ3) is 11.9. The molecule has 61 heavy (non-hydrogen) atoms. The molecule has 2 aromatic heterocycles. The lowest BCUT2D eigenvalue weighted by atomic mass is 9.93. The lowest BCUT2D eigenvalue weighted by Crippen LogP contribution is -2.43. The molecule has 0 unspecified atom stereocenters. The summed E-state index contributed by atoms with van der Waals surface area (Å²) < 4.78 is 106. The number of aryl methyl sites for hydroxylation is 4. The highest BCUT2D eigenvalue weighted by Crippen LogP contribution is 2.33. The number of benzene rings is 4. The molecule has 2 aliphatic heterocycles. The van der Waals surface area contributed by atoms with Gasteiger partial charge in [-0.25, -0.2) is 18.7 Å². The first-order valence-corrected chi connectivity index (χ1v) is 19.9. The Morgan fingerprint density at radius 2 is 1.16 bits per heavy atom. The van der Waals surface area contributed by atoms with E-state index < -0.39 is 24.2 Å². The second-order valence-corrected chi connectivity index (χ2v) is 15.1. The summed E-state index contributed by atoms with van der Waals surface area (Å²) in [5.74, 6) is -4.03. The Kier molecular flexibility index (Phi) is 14.4. The summed E-state index contributed by atoms with van der Waals surface area (Å²) in [7, 11) is 0. The van der Waals surface area contributed by atoms with Gasteiger partial charge >= 0.3 is 24.2 Å². The van der Waals surface area contributed by atoms with Gasteiger partial charge < -0.3 is 18.9 Å². The Bertz CT molecular complexity index is 2400. The molecule has 8 rings (SSSR count). The van der Waals surface area contributed by atoms with Gasteiger partial charge in [0.25, 0.3) is 0 Å². The summed E-state index contributed by atoms with van der Waals surface area (Å²) in [6, 6.07) is 23.7. The van der Waals surface area contributed by atoms with Crippen LogP contribution in [0.1, 0.15) is 33.4 Å². The third-order valence-electron chi connectivity index (χ3n) is 10.2. The van der Waals surface area contributed by atoms with Crippen LogP contribution in [0, 0.1) is 11.6 Å². The Morgan fingerprint density at radius 3 is 1.70 bits per heavy atom. The van der Waals surface area contributed by atoms with Gasteiger partial charge in [-0.15, -0.1) is 0 Å². The van der Waals surface area contributed by atoms with Crippen molar-refractivity contribution >= 4 is 27.7 Å². The lowest BCUT2D eigenvalue weighted by Gasteiger charge is -2.30. The van der Waals surface area contributed by atoms with E-state index in [1.807, 2.05) is 39.6 Å². The predicted molar refractivity (Wildman–Crippen MR) is 215 cm³/mol. The van der Waals surface area contributed by atoms with E-state index in [-0.39, 0.29) is 37.8 Å². The topological polar surface area (TPSA) is 76.3 Å². The molecule has 0 spiro atoms. The number of carbonyl (C=O) groups excluding carboxylic acids is 2. The van der Waals surface area contributed by atoms with Crippen molar-refractivity contribution in [2.75, 3.05) is 13.1 Å². The average Bonchev–Trinajstić information content (AvgIpc) is 3.95. The van der Waals surface area contributed by atoms with Gasteiger partial charge in [-0.05, 0) is 89.4 Å². The molecule has 2 aliphatic rings. The van der Waals surface area contributed by atoms with Crippen molar-refractivity contribution in [1.29, 1.82) is 0 Å². The molecule has 17 heteroatoms. The van der Waals surface area contributed by atoms with E-state index in [0.29, 0.717) is 31.4 Å². The molecule has 6 aromatic rings. The molecule has 0 radical (unpaired) electrons. The number of alkyl halides is 6. The van der Waals surface area contributed by atoms with Crippen molar-refractivity contribution in [3.8, 4) is 11.3 Å². The molecule has 4 aromatic carbocycles. The number of nitrogens with zero attached hydrogens (tertiary/aromatic N) is 6. The van der Waals surface area contributed by atoms with Crippen molar-refractivity contribution in [3.05, 3.63) is 166 Å². The second kappa shape index (κ2) is 19.7. The van der Waals surface area contributed by atoms with E-state index >= 15 is 0 Å². The summed E-state index contributed by atoms with van der Waals surface area (Å²) in [6.07, 6.45) is 1.61. The Labute approximate surface area is 354 Å². The number of halogens is 9. The van der Waals surface area contributed by atoms with E-state index in [1.165, 1.54) is 24.3 Å². The van der Waals surface area contributed by atoms with Gasteiger partial charge in [0.2, 0.25) is 0 Å². The Balaban J connectivity index is 0.000000169. The van der Waals surface area contributed by atoms with Gasteiger partial charge in [-0.1, -0.05) is 70.5 Å². The van der Waals surface area contributed by atoms with Gasteiger partial charge in [-0.3, -0.25) is 9.59 Å². The van der Waals surface area contributed by atoms with Crippen molar-refractivity contribution < 1.29 is 44.7 Å². The molecule has 0 N–H and O–H groups in total. The third-order valence-corrected chi connectivity index (χ3v) is 11.0. The van der Waals surface area contributed by atoms with E-state index in [1.54, 1.807) is 61.4 Å². The van der Waals surface area contributed by atoms with Crippen LogP contribution < -0.4 is 0 Å². The normalized spacial score (nSPS) is 13.6. The average molecular weight is 916 g/mol. The van der Waals surface area contributed by atoms with Crippen LogP contribution in [0.4, 0.5) is 35.1 Å². The van der Waals surface area contributed by atoms with Gasteiger partial charge in [-0.2, -0.15) is 26.3 Å². The van der Waals surface area contributed by atoms with Crippen LogP contribution in [-0.4, -0.2) is 66.2 Å². The summed E-state index contributed by atoms with van der Waals surface area (Å²) in [6.45, 7) is 1.59. The number of carbonyl (C=O) groups is 2. The highest BCUT2D eigenvalue weighted by atomic mass is 79.9. The molecule has 0 saturated heterocycles. The van der Waals surface area contributed by atoms with E-state index in [2.05, 4.69) is 25.9 Å². The predicted octanol–water partition coefficient (Wildman–Crippen LogP) is 9.54. The first-order chi connectivity index (χ1) is 29.1. The molecule has 4 heterocycles. The van der Waals surface area contributed by atoms with Crippen molar-refractivity contribution in [2.45, 2.75) is 64.2 Å². The smallest absolute Gasteiger partial charge is 0.337 e. The number of aromatic nitrogens is 4. The molecule has 320 valence electrons. The maximum absolute atomic E-state index is 13.1. The van der Waals surface area contributed by atoms with Crippen molar-refractivity contribution in [3.63, 3.8) is 0 Å². The van der Waals surface area contributed by atoms with Crippen LogP contribution in [0.15, 0.2) is 121 Å². The molecule has 0 atom stereocenters. The van der Waals surface area contributed by atoms with Gasteiger partial charge in [0.05, 0.1) is 24.5 Å². The minimum atomic E-state index is -4.87. The first kappa shape index (κ1) is 44.7. The molecule has 0 bridgehead atoms. The number of rotatable bonds is 7. The molecule has 0 fully saturated rings. The molecule has 0 saturated carbocycles. The van der Waals surface area contributed by atoms with Crippen LogP contribution in [0.25, 0.3) is 11.3 Å². The van der Waals surface area contributed by atoms with Crippen LogP contribution >= 0.6 is 15.9 Å². The van der Waals surface area contributed by atoms with E-state index in [4.69, 9.17) is 0 Å². The SMILES string of the molecule is Fc1ccc(CCn2ccnc2)cc1.O=C(N1CCc2c(Br)cccc2C1)C(F)(F)F.O=C(N1CCc2c(cccc2-c2cncn2CCc2ccc(F)cc2)C1)C(F)(F)F. The highest BCUT2D eigenvalue weighted by molar-refractivity contribution is 9.10. The van der Waals surface area contributed by atoms with Gasteiger partial charge in [0, 0.05) is 61.7 Å². The minimum Gasteiger partial charge on any atom is -0.337 e. The largest absolute Gasteiger partial charge is 0.471 e. The van der Waals surface area contributed by atoms with E-state index in [0.717, 1.165) is 66.3 Å². The van der Waals surface area contributed by atoms with Crippen LogP contribution in [0.2, 0.25) is 0 Å². The quantitative estimate of drug-likeness (QED) is 0.150. The van der Waals surface area contributed by atoms with Crippen molar-refractivity contribution in [2.24, 2.45) is 0 Å². The zero-order valence-corrected chi connectivity index (χ0v) is 34.0. The summed E-state index contributed by atoms with van der Waals surface area (Å²) in [5, 5.41) is 0. The lowest BCUT2D eigenvalue weighted by molar-refractivity contribution is -0.186. The summed E-state index contributed by atoms with van der Waals surface area (Å²) in [4.78, 5) is 32.6. The minimum absolute atomic E-state index is 0.0199. The second-order valence-electron chi connectivity index (χ2n) is 14.3. The first-order valence-electron chi connectivity index (χ1n) is 19.1. The van der Waals surface area contributed by atoms with Crippen LogP contribution in [0.5, 0.6) is 0 Å². The van der Waals surface area contributed by atoms with Gasteiger partial charge in [0.15, 0.2) is 0 Å². The number of hydrogen-bond acceptors (Lipinski definition) is 4. The fraction of sp³-hybridized carbons (Fsp3) is 0.273. The van der Waals surface area contributed by atoms with Crippen molar-refractivity contribution in [1.82, 2.24) is 28.9 Å². The maximum Gasteiger partial charge on any atom is 0.471 e. The fourth-order valence-electron chi connectivity index (χ4n) is 7.07. The number of hydrogen-bond donors (Lipinski definition) is 0. The molecular weight excluding hydrogens is 876 g/mol. The Morgan fingerprint density at radius 1 is 0.639 bits per heavy atom. The Hall–Kier alpha value is -5.84. The summed E-state index contributed by atoms with van der Waals surface area (Å²) in [5.41, 5.74) is 7.30. The number of fused-ring (bicyclic) bond motifs is 2. The molecular formula is C44H39BrF8N6O2.